The molecule has 1 saturated heterocycles. The normalized spacial score (nSPS) is 16.4. The topological polar surface area (TPSA) is 54.5 Å². The molecule has 1 aliphatic heterocycles. The number of methoxy groups -OCH3 is 1. The molecule has 0 saturated carbocycles. The molecule has 2 rings (SSSR count). The molecule has 0 bridgehead atoms. The van der Waals surface area contributed by atoms with E-state index in [-0.39, 0.29) is 5.91 Å². The van der Waals surface area contributed by atoms with Crippen LogP contribution in [0.25, 0.3) is 0 Å². The summed E-state index contributed by atoms with van der Waals surface area (Å²) in [5.41, 5.74) is 1.07. The van der Waals surface area contributed by atoms with Crippen LogP contribution in [0.2, 0.25) is 0 Å². The molecule has 0 unspecified atom stereocenters. The zero-order chi connectivity index (χ0) is 13.7. The number of rotatable bonds is 4. The van der Waals surface area contributed by atoms with Gasteiger partial charge in [0.15, 0.2) is 0 Å². The number of aromatic nitrogens is 1. The van der Waals surface area contributed by atoms with Crippen LogP contribution in [-0.4, -0.2) is 42.0 Å². The van der Waals surface area contributed by atoms with Crippen molar-refractivity contribution in [3.05, 3.63) is 23.9 Å². The van der Waals surface area contributed by atoms with E-state index in [4.69, 9.17) is 4.74 Å². The molecule has 5 heteroatoms. The summed E-state index contributed by atoms with van der Waals surface area (Å²) in [6.07, 6.45) is 3.73. The highest BCUT2D eigenvalue weighted by Crippen LogP contribution is 2.15. The molecule has 1 fully saturated rings. The van der Waals surface area contributed by atoms with E-state index in [0.717, 1.165) is 38.0 Å². The molecule has 1 aliphatic rings. The van der Waals surface area contributed by atoms with Gasteiger partial charge in [-0.1, -0.05) is 6.07 Å². The Morgan fingerprint density at radius 2 is 2.26 bits per heavy atom. The van der Waals surface area contributed by atoms with Crippen LogP contribution in [0.5, 0.6) is 5.88 Å². The number of carbonyl (C=O) groups is 1. The summed E-state index contributed by atoms with van der Waals surface area (Å²) in [4.78, 5) is 17.3. The first kappa shape index (κ1) is 13.8. The third kappa shape index (κ3) is 3.67. The molecule has 2 heterocycles. The second kappa shape index (κ2) is 6.52. The standard InChI is InChI=1S/C14H21N3O2/c1-11(18)17-8-5-13(6-9-17)16-10-12-4-3-7-15-14(12)19-2/h3-4,7,13,16H,5-6,8-10H2,1-2H3. The van der Waals surface area contributed by atoms with Crippen molar-refractivity contribution in [3.8, 4) is 5.88 Å². The Morgan fingerprint density at radius 3 is 2.89 bits per heavy atom. The maximum absolute atomic E-state index is 11.2. The summed E-state index contributed by atoms with van der Waals surface area (Å²) < 4.78 is 5.23. The minimum absolute atomic E-state index is 0.173. The average Bonchev–Trinajstić information content (AvgIpc) is 2.45. The number of nitrogens with one attached hydrogen (secondary N) is 1. The van der Waals surface area contributed by atoms with Gasteiger partial charge in [-0.3, -0.25) is 4.79 Å². The van der Waals surface area contributed by atoms with Crippen molar-refractivity contribution in [2.45, 2.75) is 32.4 Å². The lowest BCUT2D eigenvalue weighted by molar-refractivity contribution is -0.129. The number of hydrogen-bond donors (Lipinski definition) is 1. The summed E-state index contributed by atoms with van der Waals surface area (Å²) in [5.74, 6) is 0.851. The van der Waals surface area contributed by atoms with Crippen LogP contribution in [0.4, 0.5) is 0 Å². The molecule has 1 N–H and O–H groups in total. The Labute approximate surface area is 114 Å². The smallest absolute Gasteiger partial charge is 0.219 e. The van der Waals surface area contributed by atoms with Gasteiger partial charge < -0.3 is 15.0 Å². The van der Waals surface area contributed by atoms with E-state index in [1.54, 1.807) is 20.2 Å². The Kier molecular flexibility index (Phi) is 4.74. The highest BCUT2D eigenvalue weighted by Gasteiger charge is 2.20. The van der Waals surface area contributed by atoms with E-state index in [0.29, 0.717) is 11.9 Å². The summed E-state index contributed by atoms with van der Waals surface area (Å²) >= 11 is 0. The molecule has 104 valence electrons. The molecule has 0 atom stereocenters. The Balaban J connectivity index is 1.82. The molecular weight excluding hydrogens is 242 g/mol. The molecule has 0 aromatic carbocycles. The van der Waals surface area contributed by atoms with E-state index < -0.39 is 0 Å². The number of pyridine rings is 1. The average molecular weight is 263 g/mol. The van der Waals surface area contributed by atoms with Crippen molar-refractivity contribution < 1.29 is 9.53 Å². The number of nitrogens with zero attached hydrogens (tertiary/aromatic N) is 2. The van der Waals surface area contributed by atoms with Gasteiger partial charge >= 0.3 is 0 Å². The van der Waals surface area contributed by atoms with Crippen LogP contribution in [-0.2, 0) is 11.3 Å². The van der Waals surface area contributed by atoms with Crippen LogP contribution < -0.4 is 10.1 Å². The maximum Gasteiger partial charge on any atom is 0.219 e. The second-order valence-corrected chi connectivity index (χ2v) is 4.83. The number of piperidine rings is 1. The van der Waals surface area contributed by atoms with Crippen LogP contribution in [0.15, 0.2) is 18.3 Å². The van der Waals surface area contributed by atoms with Gasteiger partial charge in [0.25, 0.3) is 0 Å². The van der Waals surface area contributed by atoms with Crippen LogP contribution in [0.3, 0.4) is 0 Å². The second-order valence-electron chi connectivity index (χ2n) is 4.83. The van der Waals surface area contributed by atoms with Crippen molar-refractivity contribution >= 4 is 5.91 Å². The van der Waals surface area contributed by atoms with Crippen molar-refractivity contribution in [1.29, 1.82) is 0 Å². The molecule has 1 aromatic heterocycles. The SMILES string of the molecule is COc1ncccc1CNC1CCN(C(C)=O)CC1. The molecule has 0 spiro atoms. The van der Waals surface area contributed by atoms with Gasteiger partial charge in [0.2, 0.25) is 11.8 Å². The lowest BCUT2D eigenvalue weighted by Gasteiger charge is -2.31. The fraction of sp³-hybridized carbons (Fsp3) is 0.571. The van der Waals surface area contributed by atoms with Crippen LogP contribution in [0.1, 0.15) is 25.3 Å². The highest BCUT2D eigenvalue weighted by molar-refractivity contribution is 5.73. The summed E-state index contributed by atoms with van der Waals surface area (Å²) in [7, 11) is 1.64. The van der Waals surface area contributed by atoms with Gasteiger partial charge in [-0.15, -0.1) is 0 Å². The predicted molar refractivity (Wildman–Crippen MR) is 72.9 cm³/mol. The Morgan fingerprint density at radius 1 is 1.53 bits per heavy atom. The van der Waals surface area contributed by atoms with Crippen molar-refractivity contribution in [2.24, 2.45) is 0 Å². The molecule has 1 aromatic rings. The van der Waals surface area contributed by atoms with Gasteiger partial charge in [0, 0.05) is 44.4 Å². The fourth-order valence-corrected chi connectivity index (χ4v) is 2.40. The largest absolute Gasteiger partial charge is 0.481 e. The molecule has 0 aliphatic carbocycles. The molecule has 1 amide bonds. The molecule has 0 radical (unpaired) electrons. The number of carbonyl (C=O) groups excluding carboxylic acids is 1. The predicted octanol–water partition coefficient (Wildman–Crippen LogP) is 1.19. The van der Waals surface area contributed by atoms with Crippen LogP contribution in [0, 0.1) is 0 Å². The molecule has 19 heavy (non-hydrogen) atoms. The first-order chi connectivity index (χ1) is 9.20. The first-order valence-electron chi connectivity index (χ1n) is 6.67. The first-order valence-corrected chi connectivity index (χ1v) is 6.67. The lowest BCUT2D eigenvalue weighted by Crippen LogP contribution is -2.43. The maximum atomic E-state index is 11.2. The van der Waals surface area contributed by atoms with E-state index in [1.807, 2.05) is 17.0 Å². The van der Waals surface area contributed by atoms with Gasteiger partial charge in [0.05, 0.1) is 7.11 Å². The fourth-order valence-electron chi connectivity index (χ4n) is 2.40. The van der Waals surface area contributed by atoms with E-state index in [1.165, 1.54) is 0 Å². The minimum Gasteiger partial charge on any atom is -0.481 e. The Hall–Kier alpha value is -1.62. The van der Waals surface area contributed by atoms with Crippen LogP contribution >= 0.6 is 0 Å². The number of hydrogen-bond acceptors (Lipinski definition) is 4. The number of amides is 1. The third-order valence-electron chi connectivity index (χ3n) is 3.56. The zero-order valence-corrected chi connectivity index (χ0v) is 11.6. The van der Waals surface area contributed by atoms with Crippen molar-refractivity contribution in [3.63, 3.8) is 0 Å². The lowest BCUT2D eigenvalue weighted by atomic mass is 10.0. The van der Waals surface area contributed by atoms with Crippen molar-refractivity contribution in [2.75, 3.05) is 20.2 Å². The van der Waals surface area contributed by atoms with Gasteiger partial charge in [-0.05, 0) is 18.9 Å². The highest BCUT2D eigenvalue weighted by atomic mass is 16.5. The van der Waals surface area contributed by atoms with Gasteiger partial charge in [-0.2, -0.15) is 0 Å². The van der Waals surface area contributed by atoms with E-state index >= 15 is 0 Å². The molecule has 5 nitrogen and oxygen atoms in total. The van der Waals surface area contributed by atoms with E-state index in [9.17, 15) is 4.79 Å². The minimum atomic E-state index is 0.173. The molecular formula is C14H21N3O2. The monoisotopic (exact) mass is 263 g/mol. The number of likely N-dealkylation sites (tertiary alicyclic amines) is 1. The van der Waals surface area contributed by atoms with E-state index in [2.05, 4.69) is 10.3 Å². The zero-order valence-electron chi connectivity index (χ0n) is 11.6. The third-order valence-corrected chi connectivity index (χ3v) is 3.56. The number of ether oxygens (including phenoxy) is 1. The summed E-state index contributed by atoms with van der Waals surface area (Å²) in [6.45, 7) is 4.07. The van der Waals surface area contributed by atoms with Gasteiger partial charge in [0.1, 0.15) is 0 Å². The summed E-state index contributed by atoms with van der Waals surface area (Å²) in [6, 6.07) is 4.39. The summed E-state index contributed by atoms with van der Waals surface area (Å²) in [5, 5.41) is 3.51. The quantitative estimate of drug-likeness (QED) is 0.886. The Bertz CT molecular complexity index is 428. The van der Waals surface area contributed by atoms with Crippen molar-refractivity contribution in [1.82, 2.24) is 15.2 Å². The van der Waals surface area contributed by atoms with Gasteiger partial charge in [-0.25, -0.2) is 4.98 Å².